The summed E-state index contributed by atoms with van der Waals surface area (Å²) in [6, 6.07) is 13.9. The Balaban J connectivity index is 1.90. The summed E-state index contributed by atoms with van der Waals surface area (Å²) in [5.74, 6) is 1.78. The van der Waals surface area contributed by atoms with E-state index in [0.29, 0.717) is 5.76 Å². The molecule has 1 aromatic carbocycles. The Hall–Kier alpha value is -1.68. The first-order valence-corrected chi connectivity index (χ1v) is 7.75. The molecule has 20 heavy (non-hydrogen) atoms. The van der Waals surface area contributed by atoms with Gasteiger partial charge in [-0.05, 0) is 37.6 Å². The van der Waals surface area contributed by atoms with Crippen molar-refractivity contribution in [2.24, 2.45) is 0 Å². The van der Waals surface area contributed by atoms with Gasteiger partial charge in [0.05, 0.1) is 5.75 Å². The van der Waals surface area contributed by atoms with Crippen LogP contribution in [0.2, 0.25) is 0 Å². The Bertz CT molecular complexity index is 551. The predicted molar refractivity (Wildman–Crippen MR) is 81.9 cm³/mol. The highest BCUT2D eigenvalue weighted by Crippen LogP contribution is 2.23. The van der Waals surface area contributed by atoms with Crippen molar-refractivity contribution in [2.45, 2.75) is 37.0 Å². The average molecular weight is 289 g/mol. The number of thioether (sulfide) groups is 1. The Morgan fingerprint density at radius 1 is 1.25 bits per heavy atom. The number of rotatable bonds is 6. The van der Waals surface area contributed by atoms with Crippen LogP contribution in [0.5, 0.6) is 0 Å². The normalized spacial score (nSPS) is 12.1. The summed E-state index contributed by atoms with van der Waals surface area (Å²) in [7, 11) is 0. The zero-order chi connectivity index (χ0) is 14.4. The van der Waals surface area contributed by atoms with Crippen LogP contribution in [-0.2, 0) is 5.75 Å². The smallest absolute Gasteiger partial charge is 0.287 e. The minimum atomic E-state index is -0.143. The molecular weight excluding hydrogens is 270 g/mol. The van der Waals surface area contributed by atoms with Crippen LogP contribution in [0, 0.1) is 0 Å². The maximum absolute atomic E-state index is 11.9. The van der Waals surface area contributed by atoms with E-state index in [9.17, 15) is 4.79 Å². The number of amides is 1. The largest absolute Gasteiger partial charge is 0.455 e. The van der Waals surface area contributed by atoms with Crippen molar-refractivity contribution in [3.8, 4) is 0 Å². The molecule has 2 rings (SSSR count). The Labute approximate surface area is 123 Å². The lowest BCUT2D eigenvalue weighted by molar-refractivity contribution is 0.0910. The molecule has 0 saturated heterocycles. The third-order valence-corrected chi connectivity index (χ3v) is 4.03. The highest BCUT2D eigenvalue weighted by molar-refractivity contribution is 7.98. The highest BCUT2D eigenvalue weighted by atomic mass is 32.2. The van der Waals surface area contributed by atoms with Crippen molar-refractivity contribution < 1.29 is 9.21 Å². The fourth-order valence-electron chi connectivity index (χ4n) is 1.65. The van der Waals surface area contributed by atoms with Crippen molar-refractivity contribution in [2.75, 3.05) is 0 Å². The van der Waals surface area contributed by atoms with Crippen molar-refractivity contribution in [1.82, 2.24) is 5.32 Å². The maximum Gasteiger partial charge on any atom is 0.287 e. The molecule has 1 amide bonds. The van der Waals surface area contributed by atoms with Crippen LogP contribution in [0.25, 0.3) is 0 Å². The molecule has 0 aliphatic carbocycles. The topological polar surface area (TPSA) is 42.2 Å². The zero-order valence-corrected chi connectivity index (χ0v) is 12.6. The molecule has 0 spiro atoms. The molecule has 0 fully saturated rings. The van der Waals surface area contributed by atoms with Gasteiger partial charge in [-0.25, -0.2) is 0 Å². The lowest BCUT2D eigenvalue weighted by Gasteiger charge is -2.09. The first-order chi connectivity index (χ1) is 9.69. The van der Waals surface area contributed by atoms with Gasteiger partial charge in [0, 0.05) is 10.9 Å². The van der Waals surface area contributed by atoms with Crippen LogP contribution in [-0.4, -0.2) is 11.9 Å². The molecule has 1 N–H and O–H groups in total. The minimum Gasteiger partial charge on any atom is -0.455 e. The number of nitrogens with one attached hydrogen (secondary N) is 1. The molecule has 106 valence electrons. The lowest BCUT2D eigenvalue weighted by Crippen LogP contribution is -2.31. The van der Waals surface area contributed by atoms with Gasteiger partial charge in [0.25, 0.3) is 5.91 Å². The summed E-state index contributed by atoms with van der Waals surface area (Å²) in [5, 5.41) is 2.89. The molecule has 1 aromatic heterocycles. The number of hydrogen-bond donors (Lipinski definition) is 1. The second kappa shape index (κ2) is 7.20. The van der Waals surface area contributed by atoms with Crippen molar-refractivity contribution >= 4 is 17.7 Å². The van der Waals surface area contributed by atoms with Crippen LogP contribution in [0.15, 0.2) is 51.8 Å². The molecular formula is C16H19NO2S. The summed E-state index contributed by atoms with van der Waals surface area (Å²) in [4.78, 5) is 13.1. The van der Waals surface area contributed by atoms with E-state index in [1.54, 1.807) is 17.8 Å². The van der Waals surface area contributed by atoms with Crippen LogP contribution in [0.4, 0.5) is 0 Å². The van der Waals surface area contributed by atoms with E-state index in [0.717, 1.165) is 17.9 Å². The monoisotopic (exact) mass is 289 g/mol. The average Bonchev–Trinajstić information content (AvgIpc) is 2.95. The van der Waals surface area contributed by atoms with Gasteiger partial charge >= 0.3 is 0 Å². The van der Waals surface area contributed by atoms with Crippen LogP contribution >= 0.6 is 11.8 Å². The van der Waals surface area contributed by atoms with Gasteiger partial charge in [-0.1, -0.05) is 25.1 Å². The Morgan fingerprint density at radius 3 is 2.70 bits per heavy atom. The van der Waals surface area contributed by atoms with E-state index in [2.05, 4.69) is 17.4 Å². The summed E-state index contributed by atoms with van der Waals surface area (Å²) in [6.45, 7) is 4.02. The lowest BCUT2D eigenvalue weighted by atomic mass is 10.2. The van der Waals surface area contributed by atoms with Gasteiger partial charge in [-0.2, -0.15) is 0 Å². The molecule has 2 aromatic rings. The molecule has 0 bridgehead atoms. The maximum atomic E-state index is 11.9. The van der Waals surface area contributed by atoms with Crippen molar-refractivity contribution in [3.05, 3.63) is 54.0 Å². The molecule has 3 nitrogen and oxygen atoms in total. The molecule has 1 heterocycles. The van der Waals surface area contributed by atoms with Gasteiger partial charge < -0.3 is 9.73 Å². The zero-order valence-electron chi connectivity index (χ0n) is 11.8. The first-order valence-electron chi connectivity index (χ1n) is 6.76. The van der Waals surface area contributed by atoms with Gasteiger partial charge in [0.15, 0.2) is 5.76 Å². The standard InChI is InChI=1S/C16H19NO2S/c1-3-12(2)17-16(18)15-10-9-13(19-15)11-20-14-7-5-4-6-8-14/h4-10,12H,3,11H2,1-2H3,(H,17,18)/t12-/m1/s1. The number of carbonyl (C=O) groups excluding carboxylic acids is 1. The SMILES string of the molecule is CC[C@@H](C)NC(=O)c1ccc(CSc2ccccc2)o1. The summed E-state index contributed by atoms with van der Waals surface area (Å²) < 4.78 is 5.58. The predicted octanol–water partition coefficient (Wildman–Crippen LogP) is 4.10. The molecule has 0 saturated carbocycles. The number of hydrogen-bond acceptors (Lipinski definition) is 3. The molecule has 4 heteroatoms. The Kier molecular flexibility index (Phi) is 5.30. The quantitative estimate of drug-likeness (QED) is 0.814. The van der Waals surface area contributed by atoms with Crippen molar-refractivity contribution in [1.29, 1.82) is 0 Å². The van der Waals surface area contributed by atoms with Crippen LogP contribution in [0.3, 0.4) is 0 Å². The van der Waals surface area contributed by atoms with E-state index < -0.39 is 0 Å². The van der Waals surface area contributed by atoms with Crippen LogP contribution in [0.1, 0.15) is 36.6 Å². The van der Waals surface area contributed by atoms with E-state index in [1.807, 2.05) is 38.1 Å². The molecule has 0 aliphatic rings. The fourth-order valence-corrected chi connectivity index (χ4v) is 2.46. The van der Waals surface area contributed by atoms with E-state index >= 15 is 0 Å². The van der Waals surface area contributed by atoms with Crippen LogP contribution < -0.4 is 5.32 Å². The Morgan fingerprint density at radius 2 is 2.00 bits per heavy atom. The minimum absolute atomic E-state index is 0.143. The number of furan rings is 1. The molecule has 1 atom stereocenters. The first kappa shape index (κ1) is 14.7. The van der Waals surface area contributed by atoms with Crippen molar-refractivity contribution in [3.63, 3.8) is 0 Å². The number of carbonyl (C=O) groups is 1. The molecule has 0 unspecified atom stereocenters. The van der Waals surface area contributed by atoms with Gasteiger partial charge in [-0.3, -0.25) is 4.79 Å². The third kappa shape index (κ3) is 4.17. The highest BCUT2D eigenvalue weighted by Gasteiger charge is 2.13. The van der Waals surface area contributed by atoms with Gasteiger partial charge in [-0.15, -0.1) is 11.8 Å². The summed E-state index contributed by atoms with van der Waals surface area (Å²) in [6.07, 6.45) is 0.906. The van der Waals surface area contributed by atoms with Gasteiger partial charge in [0.1, 0.15) is 5.76 Å². The second-order valence-corrected chi connectivity index (χ2v) is 5.70. The van der Waals surface area contributed by atoms with E-state index in [-0.39, 0.29) is 11.9 Å². The second-order valence-electron chi connectivity index (χ2n) is 4.65. The fraction of sp³-hybridized carbons (Fsp3) is 0.312. The summed E-state index contributed by atoms with van der Waals surface area (Å²) in [5.41, 5.74) is 0. The third-order valence-electron chi connectivity index (χ3n) is 3.00. The van der Waals surface area contributed by atoms with E-state index in [4.69, 9.17) is 4.42 Å². The van der Waals surface area contributed by atoms with E-state index in [1.165, 1.54) is 4.90 Å². The molecule has 0 radical (unpaired) electrons. The summed E-state index contributed by atoms with van der Waals surface area (Å²) >= 11 is 1.69. The van der Waals surface area contributed by atoms with Gasteiger partial charge in [0.2, 0.25) is 0 Å². The number of benzene rings is 1. The molecule has 0 aliphatic heterocycles.